The third-order valence-corrected chi connectivity index (χ3v) is 5.93. The second kappa shape index (κ2) is 7.25. The molecule has 0 saturated carbocycles. The van der Waals surface area contributed by atoms with Crippen molar-refractivity contribution in [3.8, 4) is 5.75 Å². The lowest BCUT2D eigenvalue weighted by Crippen LogP contribution is -2.39. The minimum atomic E-state index is -0.393. The fourth-order valence-corrected chi connectivity index (χ4v) is 4.33. The monoisotopic (exact) mass is 400 g/mol. The van der Waals surface area contributed by atoms with E-state index < -0.39 is 5.25 Å². The Kier molecular flexibility index (Phi) is 4.80. The number of nitrogens with one attached hydrogen (secondary N) is 1. The SMILES string of the molecule is COc1ccc(C2Nn3c(C)nnc3SC2C(=O)c2ccc(Cl)cc2)cc1. The highest BCUT2D eigenvalue weighted by Crippen LogP contribution is 2.39. The molecular weight excluding hydrogens is 384 g/mol. The number of rotatable bonds is 4. The van der Waals surface area contributed by atoms with Crippen LogP contribution >= 0.6 is 23.4 Å². The van der Waals surface area contributed by atoms with Crippen molar-refractivity contribution in [3.63, 3.8) is 0 Å². The molecule has 1 aromatic heterocycles. The molecule has 0 fully saturated rings. The lowest BCUT2D eigenvalue weighted by atomic mass is 9.97. The zero-order valence-electron chi connectivity index (χ0n) is 14.7. The number of aryl methyl sites for hydroxylation is 1. The third-order valence-electron chi connectivity index (χ3n) is 4.46. The van der Waals surface area contributed by atoms with E-state index in [0.29, 0.717) is 15.7 Å². The average Bonchev–Trinajstić information content (AvgIpc) is 3.07. The van der Waals surface area contributed by atoms with Crippen molar-refractivity contribution < 1.29 is 9.53 Å². The predicted octanol–water partition coefficient (Wildman–Crippen LogP) is 3.89. The molecule has 0 radical (unpaired) electrons. The summed E-state index contributed by atoms with van der Waals surface area (Å²) in [6.07, 6.45) is 0. The van der Waals surface area contributed by atoms with Gasteiger partial charge in [-0.05, 0) is 48.9 Å². The van der Waals surface area contributed by atoms with Gasteiger partial charge < -0.3 is 10.2 Å². The number of benzene rings is 2. The van der Waals surface area contributed by atoms with E-state index in [2.05, 4.69) is 15.6 Å². The summed E-state index contributed by atoms with van der Waals surface area (Å²) < 4.78 is 7.07. The van der Waals surface area contributed by atoms with Crippen molar-refractivity contribution in [2.75, 3.05) is 12.5 Å². The van der Waals surface area contributed by atoms with Crippen LogP contribution in [-0.4, -0.2) is 33.0 Å². The number of hydrogen-bond acceptors (Lipinski definition) is 6. The van der Waals surface area contributed by atoms with E-state index in [4.69, 9.17) is 16.3 Å². The quantitative estimate of drug-likeness (QED) is 0.670. The molecule has 0 aliphatic carbocycles. The molecule has 0 bridgehead atoms. The van der Waals surface area contributed by atoms with Gasteiger partial charge in [-0.1, -0.05) is 35.5 Å². The number of hydrogen-bond donors (Lipinski definition) is 1. The Morgan fingerprint density at radius 3 is 2.52 bits per heavy atom. The fourth-order valence-electron chi connectivity index (χ4n) is 3.00. The summed E-state index contributed by atoms with van der Waals surface area (Å²) in [4.78, 5) is 13.2. The van der Waals surface area contributed by atoms with E-state index in [1.165, 1.54) is 11.8 Å². The summed E-state index contributed by atoms with van der Waals surface area (Å²) in [5, 5.41) is 9.16. The Bertz CT molecular complexity index is 972. The number of fused-ring (bicyclic) bond motifs is 1. The zero-order valence-corrected chi connectivity index (χ0v) is 16.3. The second-order valence-electron chi connectivity index (χ2n) is 6.15. The molecule has 0 amide bonds. The largest absolute Gasteiger partial charge is 0.497 e. The van der Waals surface area contributed by atoms with Crippen LogP contribution in [0.5, 0.6) is 5.75 Å². The molecule has 1 aliphatic heterocycles. The van der Waals surface area contributed by atoms with Gasteiger partial charge in [-0.15, -0.1) is 10.2 Å². The van der Waals surface area contributed by atoms with E-state index >= 15 is 0 Å². The third kappa shape index (κ3) is 3.40. The summed E-state index contributed by atoms with van der Waals surface area (Å²) in [5.41, 5.74) is 4.99. The molecule has 1 aliphatic rings. The van der Waals surface area contributed by atoms with Crippen LogP contribution in [0.4, 0.5) is 0 Å². The highest BCUT2D eigenvalue weighted by molar-refractivity contribution is 8.00. The number of thioether (sulfide) groups is 1. The maximum Gasteiger partial charge on any atom is 0.210 e. The normalized spacial score (nSPS) is 18.5. The van der Waals surface area contributed by atoms with Crippen LogP contribution in [0.2, 0.25) is 5.02 Å². The zero-order chi connectivity index (χ0) is 19.0. The topological polar surface area (TPSA) is 69.0 Å². The van der Waals surface area contributed by atoms with Crippen LogP contribution < -0.4 is 10.2 Å². The lowest BCUT2D eigenvalue weighted by Gasteiger charge is -2.32. The fraction of sp³-hybridized carbons (Fsp3) is 0.211. The minimum absolute atomic E-state index is 0.0110. The number of carbonyl (C=O) groups is 1. The molecule has 6 nitrogen and oxygen atoms in total. The Balaban J connectivity index is 1.73. The van der Waals surface area contributed by atoms with Crippen molar-refractivity contribution in [2.45, 2.75) is 23.4 Å². The molecule has 2 unspecified atom stereocenters. The number of ketones is 1. The van der Waals surface area contributed by atoms with Gasteiger partial charge in [-0.25, -0.2) is 4.68 Å². The summed E-state index contributed by atoms with van der Waals surface area (Å²) in [6, 6.07) is 14.4. The number of nitrogens with zero attached hydrogens (tertiary/aromatic N) is 3. The van der Waals surface area contributed by atoms with Crippen LogP contribution in [0, 0.1) is 6.92 Å². The van der Waals surface area contributed by atoms with Crippen LogP contribution in [0.1, 0.15) is 27.8 Å². The standard InChI is InChI=1S/C19H17ClN4O2S/c1-11-21-22-19-24(11)23-16(12-5-9-15(26-2)10-6-12)18(27-19)17(25)13-3-7-14(20)8-4-13/h3-10,16,18,23H,1-2H3. The van der Waals surface area contributed by atoms with Gasteiger partial charge in [0.15, 0.2) is 5.78 Å². The Hall–Kier alpha value is -2.51. The maximum absolute atomic E-state index is 13.2. The molecule has 2 heterocycles. The first-order valence-corrected chi connectivity index (χ1v) is 9.61. The number of Topliss-reactive ketones (excluding diaryl/α,β-unsaturated/α-hetero) is 1. The molecule has 0 saturated heterocycles. The summed E-state index contributed by atoms with van der Waals surface area (Å²) in [7, 11) is 1.63. The van der Waals surface area contributed by atoms with Crippen molar-refractivity contribution in [3.05, 3.63) is 70.5 Å². The maximum atomic E-state index is 13.2. The Morgan fingerprint density at radius 1 is 1.15 bits per heavy atom. The van der Waals surface area contributed by atoms with Crippen LogP contribution in [-0.2, 0) is 0 Å². The van der Waals surface area contributed by atoms with E-state index in [9.17, 15) is 4.79 Å². The predicted molar refractivity (Wildman–Crippen MR) is 105 cm³/mol. The van der Waals surface area contributed by atoms with Crippen molar-refractivity contribution in [2.24, 2.45) is 0 Å². The summed E-state index contributed by atoms with van der Waals surface area (Å²) in [6.45, 7) is 1.87. The van der Waals surface area contributed by atoms with Crippen LogP contribution in [0.25, 0.3) is 0 Å². The van der Waals surface area contributed by atoms with E-state index in [-0.39, 0.29) is 11.8 Å². The minimum Gasteiger partial charge on any atom is -0.497 e. The molecule has 2 aromatic carbocycles. The number of methoxy groups -OCH3 is 1. The van der Waals surface area contributed by atoms with Gasteiger partial charge in [0, 0.05) is 10.6 Å². The lowest BCUT2D eigenvalue weighted by molar-refractivity contribution is 0.0980. The van der Waals surface area contributed by atoms with Crippen LogP contribution in [0.3, 0.4) is 0 Å². The number of carbonyl (C=O) groups excluding carboxylic acids is 1. The van der Waals surface area contributed by atoms with Gasteiger partial charge in [0.05, 0.1) is 13.2 Å². The number of ether oxygens (including phenoxy) is 1. The molecule has 4 rings (SSSR count). The summed E-state index contributed by atoms with van der Waals surface area (Å²) in [5.74, 6) is 1.52. The first-order chi connectivity index (χ1) is 13.1. The van der Waals surface area contributed by atoms with Gasteiger partial charge in [-0.3, -0.25) is 4.79 Å². The van der Waals surface area contributed by atoms with Gasteiger partial charge in [0.2, 0.25) is 5.16 Å². The van der Waals surface area contributed by atoms with Gasteiger partial charge in [-0.2, -0.15) is 0 Å². The highest BCUT2D eigenvalue weighted by atomic mass is 35.5. The van der Waals surface area contributed by atoms with Gasteiger partial charge in [0.1, 0.15) is 16.8 Å². The molecule has 2 atom stereocenters. The Morgan fingerprint density at radius 2 is 1.85 bits per heavy atom. The van der Waals surface area contributed by atoms with Crippen molar-refractivity contribution in [1.29, 1.82) is 0 Å². The summed E-state index contributed by atoms with van der Waals surface area (Å²) >= 11 is 7.37. The number of halogens is 1. The van der Waals surface area contributed by atoms with Gasteiger partial charge >= 0.3 is 0 Å². The second-order valence-corrected chi connectivity index (χ2v) is 7.70. The van der Waals surface area contributed by atoms with Crippen molar-refractivity contribution >= 4 is 29.1 Å². The molecule has 138 valence electrons. The number of aromatic nitrogens is 3. The first kappa shape index (κ1) is 17.9. The van der Waals surface area contributed by atoms with E-state index in [0.717, 1.165) is 17.1 Å². The smallest absolute Gasteiger partial charge is 0.210 e. The Labute approximate surface area is 165 Å². The van der Waals surface area contributed by atoms with Crippen LogP contribution in [0.15, 0.2) is 53.7 Å². The molecular formula is C19H17ClN4O2S. The van der Waals surface area contributed by atoms with Gasteiger partial charge in [0.25, 0.3) is 0 Å². The van der Waals surface area contributed by atoms with E-state index in [1.807, 2.05) is 35.9 Å². The first-order valence-electron chi connectivity index (χ1n) is 8.36. The molecule has 1 N–H and O–H groups in total. The molecule has 8 heteroatoms. The molecule has 3 aromatic rings. The highest BCUT2D eigenvalue weighted by Gasteiger charge is 2.37. The van der Waals surface area contributed by atoms with Crippen molar-refractivity contribution in [1.82, 2.24) is 14.9 Å². The molecule has 0 spiro atoms. The van der Waals surface area contributed by atoms with E-state index in [1.54, 1.807) is 31.4 Å². The average molecular weight is 401 g/mol. The molecule has 27 heavy (non-hydrogen) atoms.